The Hall–Kier alpha value is -1.06. The van der Waals surface area contributed by atoms with Crippen LogP contribution < -0.4 is 10.1 Å². The zero-order valence-electron chi connectivity index (χ0n) is 12.8. The van der Waals surface area contributed by atoms with Gasteiger partial charge in [-0.05, 0) is 33.4 Å². The smallest absolute Gasteiger partial charge is 0.123 e. The average molecular weight is 265 g/mol. The Morgan fingerprint density at radius 3 is 2.53 bits per heavy atom. The number of hydrogen-bond donors (Lipinski definition) is 1. The summed E-state index contributed by atoms with van der Waals surface area (Å²) in [7, 11) is 3.70. The van der Waals surface area contributed by atoms with Gasteiger partial charge in [0, 0.05) is 12.2 Å². The van der Waals surface area contributed by atoms with Gasteiger partial charge in [0.05, 0.1) is 19.3 Å². The van der Waals surface area contributed by atoms with Gasteiger partial charge < -0.3 is 14.8 Å². The number of likely N-dealkylation sites (N-methyl/N-ethyl adjacent to an activating group) is 1. The van der Waals surface area contributed by atoms with Crippen molar-refractivity contribution >= 4 is 0 Å². The van der Waals surface area contributed by atoms with E-state index in [2.05, 4.69) is 31.3 Å². The molecule has 2 unspecified atom stereocenters. The van der Waals surface area contributed by atoms with Crippen molar-refractivity contribution in [2.45, 2.75) is 45.8 Å². The van der Waals surface area contributed by atoms with Crippen molar-refractivity contribution in [3.8, 4) is 5.75 Å². The highest BCUT2D eigenvalue weighted by molar-refractivity contribution is 5.39. The van der Waals surface area contributed by atoms with Crippen LogP contribution in [0, 0.1) is 6.92 Å². The van der Waals surface area contributed by atoms with E-state index in [1.54, 1.807) is 7.11 Å². The van der Waals surface area contributed by atoms with Crippen LogP contribution in [0.15, 0.2) is 18.2 Å². The molecule has 3 nitrogen and oxygen atoms in total. The number of benzene rings is 1. The molecule has 0 radical (unpaired) electrons. The van der Waals surface area contributed by atoms with E-state index in [1.807, 2.05) is 20.0 Å². The molecule has 0 bridgehead atoms. The van der Waals surface area contributed by atoms with Gasteiger partial charge in [0.25, 0.3) is 0 Å². The monoisotopic (exact) mass is 265 g/mol. The summed E-state index contributed by atoms with van der Waals surface area (Å²) in [5, 5.41) is 3.38. The van der Waals surface area contributed by atoms with Gasteiger partial charge in [0.1, 0.15) is 5.75 Å². The molecule has 0 saturated heterocycles. The maximum Gasteiger partial charge on any atom is 0.123 e. The molecule has 0 fully saturated rings. The summed E-state index contributed by atoms with van der Waals surface area (Å²) in [5.74, 6) is 0.922. The maximum absolute atomic E-state index is 5.91. The van der Waals surface area contributed by atoms with Crippen LogP contribution in [0.2, 0.25) is 0 Å². The molecule has 0 aliphatic rings. The number of ether oxygens (including phenoxy) is 2. The van der Waals surface area contributed by atoms with Crippen LogP contribution in [0.5, 0.6) is 5.75 Å². The third-order valence-electron chi connectivity index (χ3n) is 3.36. The third kappa shape index (κ3) is 4.22. The SMILES string of the molecule is CCCC(OCC)C(NC)c1cc(C)ccc1OC. The Labute approximate surface area is 117 Å². The van der Waals surface area contributed by atoms with Gasteiger partial charge >= 0.3 is 0 Å². The van der Waals surface area contributed by atoms with Crippen LogP contribution in [-0.4, -0.2) is 26.9 Å². The highest BCUT2D eigenvalue weighted by Gasteiger charge is 2.24. The van der Waals surface area contributed by atoms with Crippen molar-refractivity contribution in [1.29, 1.82) is 0 Å². The largest absolute Gasteiger partial charge is 0.496 e. The molecule has 0 saturated carbocycles. The lowest BCUT2D eigenvalue weighted by molar-refractivity contribution is 0.0289. The highest BCUT2D eigenvalue weighted by Crippen LogP contribution is 2.31. The third-order valence-corrected chi connectivity index (χ3v) is 3.36. The minimum atomic E-state index is 0.162. The fourth-order valence-electron chi connectivity index (χ4n) is 2.48. The van der Waals surface area contributed by atoms with Crippen LogP contribution in [0.3, 0.4) is 0 Å². The Bertz CT molecular complexity index is 373. The van der Waals surface area contributed by atoms with E-state index in [0.29, 0.717) is 0 Å². The predicted octanol–water partition coefficient (Wildman–Crippen LogP) is 3.47. The van der Waals surface area contributed by atoms with E-state index in [4.69, 9.17) is 9.47 Å². The molecular weight excluding hydrogens is 238 g/mol. The van der Waals surface area contributed by atoms with Crippen molar-refractivity contribution in [1.82, 2.24) is 5.32 Å². The summed E-state index contributed by atoms with van der Waals surface area (Å²) in [5.41, 5.74) is 2.42. The Morgan fingerprint density at radius 1 is 1.26 bits per heavy atom. The van der Waals surface area contributed by atoms with Crippen molar-refractivity contribution in [3.63, 3.8) is 0 Å². The van der Waals surface area contributed by atoms with E-state index in [1.165, 1.54) is 11.1 Å². The molecule has 0 aromatic heterocycles. The Balaban J connectivity index is 3.08. The van der Waals surface area contributed by atoms with Crippen LogP contribution in [0.1, 0.15) is 43.9 Å². The van der Waals surface area contributed by atoms with Gasteiger partial charge in [-0.1, -0.05) is 31.0 Å². The minimum absolute atomic E-state index is 0.162. The number of methoxy groups -OCH3 is 1. The second kappa shape index (κ2) is 8.18. The molecule has 1 N–H and O–H groups in total. The lowest BCUT2D eigenvalue weighted by Gasteiger charge is -2.28. The summed E-state index contributed by atoms with van der Waals surface area (Å²) in [6.07, 6.45) is 2.32. The van der Waals surface area contributed by atoms with Crippen LogP contribution in [0.4, 0.5) is 0 Å². The molecule has 19 heavy (non-hydrogen) atoms. The Kier molecular flexibility index (Phi) is 6.89. The second-order valence-electron chi connectivity index (χ2n) is 4.79. The standard InChI is InChI=1S/C16H27NO2/c1-6-8-15(19-7-2)16(17-4)13-11-12(3)9-10-14(13)18-5/h9-11,15-17H,6-8H2,1-5H3. The van der Waals surface area contributed by atoms with Crippen molar-refractivity contribution < 1.29 is 9.47 Å². The van der Waals surface area contributed by atoms with Gasteiger partial charge in [-0.15, -0.1) is 0 Å². The van der Waals surface area contributed by atoms with Crippen molar-refractivity contribution in [2.24, 2.45) is 0 Å². The molecule has 1 rings (SSSR count). The highest BCUT2D eigenvalue weighted by atomic mass is 16.5. The first-order valence-corrected chi connectivity index (χ1v) is 7.11. The average Bonchev–Trinajstić information content (AvgIpc) is 2.40. The zero-order valence-corrected chi connectivity index (χ0v) is 12.8. The summed E-state index contributed by atoms with van der Waals surface area (Å²) in [4.78, 5) is 0. The molecule has 108 valence electrons. The Morgan fingerprint density at radius 2 is 2.00 bits per heavy atom. The van der Waals surface area contributed by atoms with Gasteiger partial charge in [0.2, 0.25) is 0 Å². The molecule has 0 spiro atoms. The summed E-state index contributed by atoms with van der Waals surface area (Å²) >= 11 is 0. The number of rotatable bonds is 8. The van der Waals surface area contributed by atoms with Crippen LogP contribution >= 0.6 is 0 Å². The predicted molar refractivity (Wildman–Crippen MR) is 79.9 cm³/mol. The van der Waals surface area contributed by atoms with E-state index in [0.717, 1.165) is 25.2 Å². The molecule has 1 aromatic carbocycles. The van der Waals surface area contributed by atoms with Gasteiger partial charge in [-0.25, -0.2) is 0 Å². The first-order chi connectivity index (χ1) is 9.17. The second-order valence-corrected chi connectivity index (χ2v) is 4.79. The lowest BCUT2D eigenvalue weighted by Crippen LogP contribution is -2.32. The molecule has 2 atom stereocenters. The van der Waals surface area contributed by atoms with Gasteiger partial charge in [-0.2, -0.15) is 0 Å². The van der Waals surface area contributed by atoms with Gasteiger partial charge in [0.15, 0.2) is 0 Å². The fraction of sp³-hybridized carbons (Fsp3) is 0.625. The molecule has 0 amide bonds. The van der Waals surface area contributed by atoms with E-state index >= 15 is 0 Å². The molecular formula is C16H27NO2. The molecule has 0 heterocycles. The first-order valence-electron chi connectivity index (χ1n) is 7.11. The summed E-state index contributed by atoms with van der Waals surface area (Å²) in [6.45, 7) is 7.07. The molecule has 3 heteroatoms. The summed E-state index contributed by atoms with van der Waals surface area (Å²) < 4.78 is 11.4. The van der Waals surface area contributed by atoms with Gasteiger partial charge in [-0.3, -0.25) is 0 Å². The van der Waals surface area contributed by atoms with E-state index in [-0.39, 0.29) is 12.1 Å². The van der Waals surface area contributed by atoms with Crippen LogP contribution in [0.25, 0.3) is 0 Å². The van der Waals surface area contributed by atoms with Crippen LogP contribution in [-0.2, 0) is 4.74 Å². The lowest BCUT2D eigenvalue weighted by atomic mass is 9.96. The molecule has 0 aliphatic carbocycles. The quantitative estimate of drug-likeness (QED) is 0.780. The minimum Gasteiger partial charge on any atom is -0.496 e. The maximum atomic E-state index is 5.91. The van der Waals surface area contributed by atoms with E-state index in [9.17, 15) is 0 Å². The van der Waals surface area contributed by atoms with Crippen molar-refractivity contribution in [3.05, 3.63) is 29.3 Å². The molecule has 1 aromatic rings. The van der Waals surface area contributed by atoms with Crippen molar-refractivity contribution in [2.75, 3.05) is 20.8 Å². The summed E-state index contributed by atoms with van der Waals surface area (Å²) in [6, 6.07) is 6.45. The zero-order chi connectivity index (χ0) is 14.3. The first kappa shape index (κ1) is 16.0. The number of hydrogen-bond acceptors (Lipinski definition) is 3. The topological polar surface area (TPSA) is 30.5 Å². The van der Waals surface area contributed by atoms with E-state index < -0.39 is 0 Å². The number of aryl methyl sites for hydroxylation is 1. The number of nitrogens with one attached hydrogen (secondary N) is 1. The molecule has 0 aliphatic heterocycles. The fourth-order valence-corrected chi connectivity index (χ4v) is 2.48. The normalized spacial score (nSPS) is 14.2.